The molecule has 3 rings (SSSR count). The molecule has 3 N–H and O–H groups in total. The molecule has 1 saturated carbocycles. The number of aliphatic hydroxyl groups excluding tert-OH is 1. The summed E-state index contributed by atoms with van der Waals surface area (Å²) in [5, 5.41) is 15.5. The van der Waals surface area contributed by atoms with E-state index in [1.54, 1.807) is 6.26 Å². The minimum absolute atomic E-state index is 0.103. The van der Waals surface area contributed by atoms with Crippen LogP contribution in [0.5, 0.6) is 0 Å². The number of nitrogens with zero attached hydrogens (tertiary/aromatic N) is 1. The number of nitrogens with one attached hydrogen (secondary N) is 2. The summed E-state index contributed by atoms with van der Waals surface area (Å²) in [7, 11) is 0. The second kappa shape index (κ2) is 7.84. The molecule has 2 amide bonds. The van der Waals surface area contributed by atoms with Gasteiger partial charge in [-0.2, -0.15) is 0 Å². The number of hydrogen-bond acceptors (Lipinski definition) is 4. The van der Waals surface area contributed by atoms with Crippen LogP contribution in [0.25, 0.3) is 0 Å². The van der Waals surface area contributed by atoms with E-state index in [2.05, 4.69) is 15.5 Å². The van der Waals surface area contributed by atoms with Crippen LogP contribution in [0, 0.1) is 0 Å². The minimum atomic E-state index is -0.199. The maximum atomic E-state index is 12.1. The Hall–Kier alpha value is -1.53. The number of rotatable bonds is 5. The van der Waals surface area contributed by atoms with Crippen LogP contribution in [0.4, 0.5) is 4.79 Å². The molecule has 1 aromatic rings. The standard InChI is InChI=1S/C17H27N3O3/c21-14-7-5-13(6-8-14)19-17(22)18-12-15(16-4-3-11-23-16)20-9-1-2-10-20/h3-4,11,13-15,21H,1-2,5-10,12H2,(H2,18,19,22). The van der Waals surface area contributed by atoms with Crippen LogP contribution in [0.3, 0.4) is 0 Å². The Labute approximate surface area is 137 Å². The Morgan fingerprint density at radius 3 is 2.70 bits per heavy atom. The van der Waals surface area contributed by atoms with E-state index in [-0.39, 0.29) is 24.2 Å². The average molecular weight is 321 g/mol. The van der Waals surface area contributed by atoms with Crippen LogP contribution in [-0.2, 0) is 0 Å². The molecule has 1 atom stereocenters. The molecule has 1 unspecified atom stereocenters. The average Bonchev–Trinajstić information content (AvgIpc) is 3.24. The van der Waals surface area contributed by atoms with Gasteiger partial charge in [0, 0.05) is 12.6 Å². The molecule has 128 valence electrons. The van der Waals surface area contributed by atoms with Crippen LogP contribution in [0.2, 0.25) is 0 Å². The molecule has 0 radical (unpaired) electrons. The fourth-order valence-electron chi connectivity index (χ4n) is 3.59. The molecule has 0 aromatic carbocycles. The highest BCUT2D eigenvalue weighted by molar-refractivity contribution is 5.74. The summed E-state index contributed by atoms with van der Waals surface area (Å²) in [6.45, 7) is 2.65. The molecule has 1 aliphatic heterocycles. The zero-order valence-electron chi connectivity index (χ0n) is 13.5. The van der Waals surface area contributed by atoms with Gasteiger partial charge in [0.2, 0.25) is 0 Å². The number of carbonyl (C=O) groups is 1. The molecule has 2 aliphatic rings. The van der Waals surface area contributed by atoms with Crippen molar-refractivity contribution in [1.29, 1.82) is 0 Å². The van der Waals surface area contributed by atoms with Crippen LogP contribution in [-0.4, -0.2) is 47.8 Å². The van der Waals surface area contributed by atoms with Crippen molar-refractivity contribution in [2.24, 2.45) is 0 Å². The van der Waals surface area contributed by atoms with Gasteiger partial charge in [-0.25, -0.2) is 4.79 Å². The van der Waals surface area contributed by atoms with E-state index < -0.39 is 0 Å². The monoisotopic (exact) mass is 321 g/mol. The van der Waals surface area contributed by atoms with Crippen molar-refractivity contribution < 1.29 is 14.3 Å². The second-order valence-corrected chi connectivity index (χ2v) is 6.63. The number of carbonyl (C=O) groups excluding carboxylic acids is 1. The molecule has 6 heteroatoms. The van der Waals surface area contributed by atoms with Gasteiger partial charge in [0.15, 0.2) is 0 Å². The van der Waals surface area contributed by atoms with Gasteiger partial charge < -0.3 is 20.2 Å². The Morgan fingerprint density at radius 1 is 1.30 bits per heavy atom. The number of aliphatic hydroxyl groups is 1. The van der Waals surface area contributed by atoms with E-state index in [0.717, 1.165) is 44.5 Å². The molecule has 0 spiro atoms. The molecule has 23 heavy (non-hydrogen) atoms. The highest BCUT2D eigenvalue weighted by Crippen LogP contribution is 2.25. The van der Waals surface area contributed by atoms with Gasteiger partial charge in [-0.05, 0) is 63.7 Å². The molecular weight excluding hydrogens is 294 g/mol. The lowest BCUT2D eigenvalue weighted by Gasteiger charge is -2.28. The predicted octanol–water partition coefficient (Wildman–Crippen LogP) is 2.02. The largest absolute Gasteiger partial charge is 0.468 e. The summed E-state index contributed by atoms with van der Waals surface area (Å²) in [5.74, 6) is 0.910. The molecule has 1 aliphatic carbocycles. The summed E-state index contributed by atoms with van der Waals surface area (Å²) in [6, 6.07) is 4.03. The maximum Gasteiger partial charge on any atom is 0.315 e. The third-order valence-corrected chi connectivity index (χ3v) is 4.94. The third kappa shape index (κ3) is 4.48. The number of furan rings is 1. The lowest BCUT2D eigenvalue weighted by Crippen LogP contribution is -2.46. The zero-order valence-corrected chi connectivity index (χ0v) is 13.5. The van der Waals surface area contributed by atoms with Crippen molar-refractivity contribution >= 4 is 6.03 Å². The quantitative estimate of drug-likeness (QED) is 0.775. The van der Waals surface area contributed by atoms with Gasteiger partial charge in [0.05, 0.1) is 18.4 Å². The Morgan fingerprint density at radius 2 is 2.04 bits per heavy atom. The summed E-state index contributed by atoms with van der Waals surface area (Å²) < 4.78 is 5.56. The third-order valence-electron chi connectivity index (χ3n) is 4.94. The van der Waals surface area contributed by atoms with Crippen LogP contribution >= 0.6 is 0 Å². The predicted molar refractivity (Wildman–Crippen MR) is 87.1 cm³/mol. The van der Waals surface area contributed by atoms with Gasteiger partial charge in [-0.3, -0.25) is 4.90 Å². The van der Waals surface area contributed by atoms with E-state index in [1.807, 2.05) is 12.1 Å². The number of amides is 2. The highest BCUT2D eigenvalue weighted by Gasteiger charge is 2.26. The first-order valence-electron chi connectivity index (χ1n) is 8.72. The topological polar surface area (TPSA) is 77.7 Å². The second-order valence-electron chi connectivity index (χ2n) is 6.63. The van der Waals surface area contributed by atoms with Gasteiger partial charge >= 0.3 is 6.03 Å². The molecule has 2 heterocycles. The van der Waals surface area contributed by atoms with Crippen molar-refractivity contribution in [3.05, 3.63) is 24.2 Å². The summed E-state index contributed by atoms with van der Waals surface area (Å²) >= 11 is 0. The first kappa shape index (κ1) is 16.3. The van der Waals surface area contributed by atoms with E-state index >= 15 is 0 Å². The summed E-state index contributed by atoms with van der Waals surface area (Å²) in [4.78, 5) is 14.5. The molecule has 1 saturated heterocycles. The van der Waals surface area contributed by atoms with Crippen molar-refractivity contribution in [2.75, 3.05) is 19.6 Å². The van der Waals surface area contributed by atoms with Crippen molar-refractivity contribution in [3.63, 3.8) is 0 Å². The highest BCUT2D eigenvalue weighted by atomic mass is 16.3. The summed E-state index contributed by atoms with van der Waals surface area (Å²) in [6.07, 6.45) is 7.13. The lowest BCUT2D eigenvalue weighted by molar-refractivity contribution is 0.117. The van der Waals surface area contributed by atoms with Crippen molar-refractivity contribution in [3.8, 4) is 0 Å². The SMILES string of the molecule is O=C(NCC(c1ccco1)N1CCCC1)NC1CCC(O)CC1. The summed E-state index contributed by atoms with van der Waals surface area (Å²) in [5.41, 5.74) is 0. The number of urea groups is 1. The van der Waals surface area contributed by atoms with Gasteiger partial charge in [-0.1, -0.05) is 0 Å². The lowest BCUT2D eigenvalue weighted by atomic mass is 9.93. The fourth-order valence-corrected chi connectivity index (χ4v) is 3.59. The Kier molecular flexibility index (Phi) is 5.56. The van der Waals surface area contributed by atoms with Gasteiger partial charge in [0.25, 0.3) is 0 Å². The van der Waals surface area contributed by atoms with Crippen LogP contribution in [0.15, 0.2) is 22.8 Å². The minimum Gasteiger partial charge on any atom is -0.468 e. The molecular formula is C17H27N3O3. The van der Waals surface area contributed by atoms with Gasteiger partial charge in [0.1, 0.15) is 5.76 Å². The smallest absolute Gasteiger partial charge is 0.315 e. The molecule has 1 aromatic heterocycles. The van der Waals surface area contributed by atoms with Gasteiger partial charge in [-0.15, -0.1) is 0 Å². The van der Waals surface area contributed by atoms with E-state index in [1.165, 1.54) is 12.8 Å². The van der Waals surface area contributed by atoms with E-state index in [9.17, 15) is 9.90 Å². The zero-order chi connectivity index (χ0) is 16.1. The first-order chi connectivity index (χ1) is 11.2. The Balaban J connectivity index is 1.49. The van der Waals surface area contributed by atoms with E-state index in [4.69, 9.17) is 4.42 Å². The van der Waals surface area contributed by atoms with Crippen molar-refractivity contribution in [1.82, 2.24) is 15.5 Å². The molecule has 2 fully saturated rings. The van der Waals surface area contributed by atoms with Crippen LogP contribution in [0.1, 0.15) is 50.3 Å². The Bertz CT molecular complexity index is 477. The normalized spacial score (nSPS) is 26.8. The van der Waals surface area contributed by atoms with Crippen molar-refractivity contribution in [2.45, 2.75) is 56.7 Å². The number of hydrogen-bond donors (Lipinski definition) is 3. The number of likely N-dealkylation sites (tertiary alicyclic amines) is 1. The van der Waals surface area contributed by atoms with E-state index in [0.29, 0.717) is 6.54 Å². The molecule has 0 bridgehead atoms. The molecule has 6 nitrogen and oxygen atoms in total. The first-order valence-corrected chi connectivity index (χ1v) is 8.72. The fraction of sp³-hybridized carbons (Fsp3) is 0.706. The van der Waals surface area contributed by atoms with Crippen LogP contribution < -0.4 is 10.6 Å². The maximum absolute atomic E-state index is 12.1.